The molecular weight excluding hydrogens is 396 g/mol. The summed E-state index contributed by atoms with van der Waals surface area (Å²) in [6.45, 7) is 2.86. The molecule has 0 aromatic heterocycles. The molecule has 2 aromatic rings. The summed E-state index contributed by atoms with van der Waals surface area (Å²) in [5.41, 5.74) is 7.19. The maximum atomic E-state index is 11.9. The number of benzene rings is 2. The van der Waals surface area contributed by atoms with Crippen molar-refractivity contribution < 1.29 is 24.9 Å². The van der Waals surface area contributed by atoms with Crippen LogP contribution < -0.4 is 11.1 Å². The summed E-state index contributed by atoms with van der Waals surface area (Å²) in [4.78, 5) is 11.9. The molecule has 0 amide bonds. The zero-order chi connectivity index (χ0) is 22.8. The summed E-state index contributed by atoms with van der Waals surface area (Å²) in [6, 6.07) is 13.9. The van der Waals surface area contributed by atoms with Gasteiger partial charge >= 0.3 is 5.97 Å². The molecule has 2 aromatic carbocycles. The summed E-state index contributed by atoms with van der Waals surface area (Å²) in [5, 5.41) is 31.4. The van der Waals surface area contributed by atoms with Crippen molar-refractivity contribution in [3.63, 3.8) is 0 Å². The molecule has 1 aliphatic heterocycles. The Morgan fingerprint density at radius 3 is 2.39 bits per heavy atom. The minimum atomic E-state index is -0.813. The zero-order valence-corrected chi connectivity index (χ0v) is 18.2. The molecule has 1 aliphatic rings. The van der Waals surface area contributed by atoms with Crippen molar-refractivity contribution >= 4 is 5.97 Å². The first-order chi connectivity index (χ1) is 14.9. The van der Waals surface area contributed by atoms with Crippen LogP contribution in [-0.4, -0.2) is 47.0 Å². The summed E-state index contributed by atoms with van der Waals surface area (Å²) < 4.78 is 4.94. The third kappa shape index (κ3) is 6.95. The number of aliphatic hydroxyl groups is 1. The smallest absolute Gasteiger partial charge is 0.314 e. The number of nitrogens with two attached hydrogens (primary N) is 1. The number of ether oxygens (including phenoxy) is 1. The second kappa shape index (κ2) is 12.3. The molecule has 1 saturated heterocycles. The van der Waals surface area contributed by atoms with E-state index in [1.165, 1.54) is 38.2 Å². The van der Waals surface area contributed by atoms with E-state index in [2.05, 4.69) is 5.32 Å². The number of esters is 1. The van der Waals surface area contributed by atoms with Crippen LogP contribution in [0.15, 0.2) is 48.5 Å². The molecule has 3 rings (SSSR count). The fourth-order valence-electron chi connectivity index (χ4n) is 3.68. The first-order valence-electron chi connectivity index (χ1n) is 10.7. The lowest BCUT2D eigenvalue weighted by molar-refractivity contribution is -0.143. The van der Waals surface area contributed by atoms with Gasteiger partial charge in [-0.1, -0.05) is 49.7 Å². The van der Waals surface area contributed by atoms with Crippen molar-refractivity contribution in [2.75, 3.05) is 13.7 Å². The summed E-state index contributed by atoms with van der Waals surface area (Å²) in [6.07, 6.45) is 3.24. The molecule has 7 nitrogen and oxygen atoms in total. The van der Waals surface area contributed by atoms with Crippen LogP contribution in [0.3, 0.4) is 0 Å². The number of rotatable bonds is 6. The molecule has 0 saturated carbocycles. The first kappa shape index (κ1) is 24.7. The van der Waals surface area contributed by atoms with Crippen molar-refractivity contribution in [3.8, 4) is 11.5 Å². The third-order valence-corrected chi connectivity index (χ3v) is 5.58. The van der Waals surface area contributed by atoms with Crippen LogP contribution in [0.5, 0.6) is 11.5 Å². The van der Waals surface area contributed by atoms with E-state index in [4.69, 9.17) is 15.6 Å². The van der Waals surface area contributed by atoms with E-state index in [1.807, 2.05) is 37.3 Å². The van der Waals surface area contributed by atoms with Crippen LogP contribution >= 0.6 is 0 Å². The lowest BCUT2D eigenvalue weighted by atomic mass is 9.86. The summed E-state index contributed by atoms with van der Waals surface area (Å²) in [5.74, 6) is -0.770. The van der Waals surface area contributed by atoms with Crippen molar-refractivity contribution in [2.24, 2.45) is 5.73 Å². The second-order valence-electron chi connectivity index (χ2n) is 7.73. The minimum absolute atomic E-state index is 0.143. The van der Waals surface area contributed by atoms with E-state index in [-0.39, 0.29) is 35.5 Å². The van der Waals surface area contributed by atoms with Crippen molar-refractivity contribution in [3.05, 3.63) is 59.7 Å². The van der Waals surface area contributed by atoms with E-state index >= 15 is 0 Å². The standard InChI is InChI=1S/C14H19NO2.C10H15NO3/c1-17-14(16)13(11-7-3-2-4-8-11)12-9-5-6-10-15-12;1-2-7(11)10(14)6-3-4-8(12)9(13)5-6/h2-4,7-8,12-13,15H,5-6,9-10H2,1H3;3-5,7,10,12-14H,2,11H2,1H3. The third-order valence-electron chi connectivity index (χ3n) is 5.58. The Bertz CT molecular complexity index is 809. The molecular formula is C24H34N2O5. The van der Waals surface area contributed by atoms with Gasteiger partial charge in [-0.05, 0) is 49.1 Å². The number of piperidine rings is 1. The molecule has 170 valence electrons. The predicted molar refractivity (Wildman–Crippen MR) is 120 cm³/mol. The van der Waals surface area contributed by atoms with Crippen LogP contribution in [0.2, 0.25) is 0 Å². The topological polar surface area (TPSA) is 125 Å². The van der Waals surface area contributed by atoms with Gasteiger partial charge in [0.1, 0.15) is 0 Å². The van der Waals surface area contributed by atoms with Crippen molar-refractivity contribution in [1.82, 2.24) is 5.32 Å². The normalized spacial score (nSPS) is 18.8. The number of phenols is 2. The second-order valence-corrected chi connectivity index (χ2v) is 7.73. The van der Waals surface area contributed by atoms with Gasteiger partial charge in [0.15, 0.2) is 11.5 Å². The fraction of sp³-hybridized carbons (Fsp3) is 0.458. The molecule has 7 heteroatoms. The van der Waals surface area contributed by atoms with Crippen LogP contribution in [-0.2, 0) is 9.53 Å². The number of carbonyl (C=O) groups excluding carboxylic acids is 1. The fourth-order valence-corrected chi connectivity index (χ4v) is 3.68. The Hall–Kier alpha value is -2.61. The number of phenolic OH excluding ortho intramolecular Hbond substituents is 2. The highest BCUT2D eigenvalue weighted by Gasteiger charge is 2.31. The van der Waals surface area contributed by atoms with Crippen molar-refractivity contribution in [1.29, 1.82) is 0 Å². The van der Waals surface area contributed by atoms with E-state index in [0.29, 0.717) is 12.0 Å². The highest BCUT2D eigenvalue weighted by Crippen LogP contribution is 2.29. The summed E-state index contributed by atoms with van der Waals surface area (Å²) >= 11 is 0. The van der Waals surface area contributed by atoms with Gasteiger partial charge in [-0.15, -0.1) is 0 Å². The lowest BCUT2D eigenvalue weighted by Gasteiger charge is -2.29. The van der Waals surface area contributed by atoms with Crippen LogP contribution in [0.25, 0.3) is 0 Å². The average molecular weight is 431 g/mol. The van der Waals surface area contributed by atoms with E-state index < -0.39 is 6.10 Å². The molecule has 0 spiro atoms. The maximum absolute atomic E-state index is 11.9. The van der Waals surface area contributed by atoms with Crippen LogP contribution in [0, 0.1) is 0 Å². The largest absolute Gasteiger partial charge is 0.504 e. The highest BCUT2D eigenvalue weighted by atomic mass is 16.5. The number of nitrogens with one attached hydrogen (secondary N) is 1. The molecule has 0 radical (unpaired) electrons. The predicted octanol–water partition coefficient (Wildman–Crippen LogP) is 2.95. The molecule has 4 atom stereocenters. The molecule has 4 unspecified atom stereocenters. The Balaban J connectivity index is 0.000000225. The monoisotopic (exact) mass is 430 g/mol. The van der Waals surface area contributed by atoms with Gasteiger partial charge in [0.2, 0.25) is 0 Å². The van der Waals surface area contributed by atoms with E-state index in [9.17, 15) is 15.0 Å². The average Bonchev–Trinajstić information content (AvgIpc) is 2.81. The lowest BCUT2D eigenvalue weighted by Crippen LogP contribution is -2.42. The molecule has 1 heterocycles. The molecule has 31 heavy (non-hydrogen) atoms. The van der Waals surface area contributed by atoms with Gasteiger partial charge in [0.05, 0.1) is 19.1 Å². The van der Waals surface area contributed by atoms with Gasteiger partial charge in [-0.3, -0.25) is 4.79 Å². The van der Waals surface area contributed by atoms with Gasteiger partial charge < -0.3 is 31.1 Å². The zero-order valence-electron chi connectivity index (χ0n) is 18.2. The van der Waals surface area contributed by atoms with Gasteiger partial charge in [-0.25, -0.2) is 0 Å². The number of carbonyl (C=O) groups is 1. The number of hydrogen-bond donors (Lipinski definition) is 5. The Morgan fingerprint density at radius 2 is 1.84 bits per heavy atom. The number of hydrogen-bond acceptors (Lipinski definition) is 7. The SMILES string of the molecule is CCC(N)C(O)c1ccc(O)c(O)c1.COC(=O)C(c1ccccc1)C1CCCCN1. The summed E-state index contributed by atoms with van der Waals surface area (Å²) in [7, 11) is 1.46. The van der Waals surface area contributed by atoms with Gasteiger partial charge in [0, 0.05) is 12.1 Å². The van der Waals surface area contributed by atoms with Gasteiger partial charge in [-0.2, -0.15) is 0 Å². The quantitative estimate of drug-likeness (QED) is 0.352. The Morgan fingerprint density at radius 1 is 1.13 bits per heavy atom. The number of methoxy groups -OCH3 is 1. The molecule has 0 bridgehead atoms. The van der Waals surface area contributed by atoms with Gasteiger partial charge in [0.25, 0.3) is 0 Å². The highest BCUT2D eigenvalue weighted by molar-refractivity contribution is 5.79. The molecule has 6 N–H and O–H groups in total. The van der Waals surface area contributed by atoms with E-state index in [0.717, 1.165) is 18.5 Å². The number of aliphatic hydroxyl groups excluding tert-OH is 1. The minimum Gasteiger partial charge on any atom is -0.504 e. The number of aromatic hydroxyl groups is 2. The Kier molecular flexibility index (Phi) is 9.78. The maximum Gasteiger partial charge on any atom is 0.314 e. The van der Waals surface area contributed by atoms with E-state index in [1.54, 1.807) is 0 Å². The Labute approximate surface area is 183 Å². The van der Waals surface area contributed by atoms with Crippen molar-refractivity contribution in [2.45, 2.75) is 56.7 Å². The van der Waals surface area contributed by atoms with Crippen LogP contribution in [0.1, 0.15) is 55.8 Å². The van der Waals surface area contributed by atoms with Crippen LogP contribution in [0.4, 0.5) is 0 Å². The molecule has 1 fully saturated rings. The molecule has 0 aliphatic carbocycles. The first-order valence-corrected chi connectivity index (χ1v) is 10.7.